The topological polar surface area (TPSA) is 34.9 Å². The number of rotatable bonds is 3. The van der Waals surface area contributed by atoms with E-state index in [9.17, 15) is 4.79 Å². The van der Waals surface area contributed by atoms with E-state index in [4.69, 9.17) is 0 Å². The molecule has 0 atom stereocenters. The summed E-state index contributed by atoms with van der Waals surface area (Å²) in [4.78, 5) is 13.7. The maximum atomic E-state index is 12.4. The molecule has 1 aromatic carbocycles. The van der Waals surface area contributed by atoms with Crippen molar-refractivity contribution in [3.05, 3.63) is 51.9 Å². The van der Waals surface area contributed by atoms with E-state index in [1.54, 1.807) is 18.0 Å². The number of aromatic nitrogens is 2. The van der Waals surface area contributed by atoms with Crippen LogP contribution in [0.5, 0.6) is 0 Å². The van der Waals surface area contributed by atoms with Gasteiger partial charge in [-0.3, -0.25) is 4.79 Å². The minimum atomic E-state index is -0.347. The third kappa shape index (κ3) is 4.45. The zero-order valence-corrected chi connectivity index (χ0v) is 17.0. The monoisotopic (exact) mass is 362 g/mol. The lowest BCUT2D eigenvalue weighted by atomic mass is 9.87. The molecule has 1 heterocycles. The van der Waals surface area contributed by atoms with Gasteiger partial charge in [0.05, 0.1) is 16.6 Å². The normalized spacial score (nSPS) is 12.5. The van der Waals surface area contributed by atoms with Crippen molar-refractivity contribution in [1.29, 1.82) is 0 Å². The van der Waals surface area contributed by atoms with Gasteiger partial charge in [0.15, 0.2) is 0 Å². The van der Waals surface area contributed by atoms with E-state index in [1.807, 2.05) is 20.8 Å². The Bertz CT molecular complexity index is 766. The standard InChI is InChI=1S/C19H26N2OS2/c1-18(2,3)14-9-7-13(8-10-14)12-24-15-11-20-21(19(4,5)6)17(22)16(15)23/h7-11,23H,12H2,1-6H3. The zero-order valence-electron chi connectivity index (χ0n) is 15.3. The molecule has 0 fully saturated rings. The molecule has 0 unspecified atom stereocenters. The number of nitrogens with zero attached hydrogens (tertiary/aromatic N) is 2. The molecule has 3 nitrogen and oxygen atoms in total. The van der Waals surface area contributed by atoms with Gasteiger partial charge in [0.25, 0.3) is 5.56 Å². The van der Waals surface area contributed by atoms with Gasteiger partial charge in [-0.15, -0.1) is 24.4 Å². The molecular formula is C19H26N2OS2. The largest absolute Gasteiger partial charge is 0.281 e. The van der Waals surface area contributed by atoms with Gasteiger partial charge in [0.1, 0.15) is 0 Å². The first-order valence-electron chi connectivity index (χ1n) is 8.04. The van der Waals surface area contributed by atoms with Gasteiger partial charge in [0.2, 0.25) is 0 Å². The first-order valence-corrected chi connectivity index (χ1v) is 9.47. The minimum absolute atomic E-state index is 0.140. The van der Waals surface area contributed by atoms with Crippen molar-refractivity contribution in [3.63, 3.8) is 0 Å². The van der Waals surface area contributed by atoms with Gasteiger partial charge < -0.3 is 0 Å². The van der Waals surface area contributed by atoms with E-state index in [2.05, 4.69) is 62.8 Å². The highest BCUT2D eigenvalue weighted by Gasteiger charge is 2.19. The highest BCUT2D eigenvalue weighted by molar-refractivity contribution is 7.99. The van der Waals surface area contributed by atoms with Crippen LogP contribution in [-0.2, 0) is 16.7 Å². The summed E-state index contributed by atoms with van der Waals surface area (Å²) in [6.07, 6.45) is 1.74. The average molecular weight is 363 g/mol. The van der Waals surface area contributed by atoms with Crippen LogP contribution in [0.3, 0.4) is 0 Å². The zero-order chi connectivity index (χ0) is 18.1. The smallest absolute Gasteiger partial charge is 0.266 e. The molecule has 0 saturated heterocycles. The van der Waals surface area contributed by atoms with Gasteiger partial charge in [-0.2, -0.15) is 5.10 Å². The van der Waals surface area contributed by atoms with Crippen LogP contribution in [0.25, 0.3) is 0 Å². The molecule has 0 saturated carbocycles. The quantitative estimate of drug-likeness (QED) is 0.624. The molecular weight excluding hydrogens is 336 g/mol. The number of hydrogen-bond acceptors (Lipinski definition) is 4. The number of hydrogen-bond donors (Lipinski definition) is 1. The number of thioether (sulfide) groups is 1. The molecule has 0 aliphatic rings. The predicted octanol–water partition coefficient (Wildman–Crippen LogP) is 4.88. The van der Waals surface area contributed by atoms with Crippen molar-refractivity contribution >= 4 is 24.4 Å². The highest BCUT2D eigenvalue weighted by atomic mass is 32.2. The first-order chi connectivity index (χ1) is 11.0. The molecule has 0 N–H and O–H groups in total. The van der Waals surface area contributed by atoms with Gasteiger partial charge in [0, 0.05) is 10.6 Å². The first kappa shape index (κ1) is 19.1. The van der Waals surface area contributed by atoms with Crippen molar-refractivity contribution in [1.82, 2.24) is 9.78 Å². The lowest BCUT2D eigenvalue weighted by Crippen LogP contribution is -2.36. The van der Waals surface area contributed by atoms with Crippen molar-refractivity contribution in [2.45, 2.75) is 68.0 Å². The van der Waals surface area contributed by atoms with E-state index >= 15 is 0 Å². The van der Waals surface area contributed by atoms with Crippen molar-refractivity contribution in [3.8, 4) is 0 Å². The van der Waals surface area contributed by atoms with Crippen LogP contribution in [0.4, 0.5) is 0 Å². The van der Waals surface area contributed by atoms with Gasteiger partial charge in [-0.25, -0.2) is 4.68 Å². The minimum Gasteiger partial charge on any atom is -0.266 e. The third-order valence-electron chi connectivity index (χ3n) is 3.77. The summed E-state index contributed by atoms with van der Waals surface area (Å²) in [7, 11) is 0. The molecule has 130 valence electrons. The summed E-state index contributed by atoms with van der Waals surface area (Å²) in [6.45, 7) is 12.5. The lowest BCUT2D eigenvalue weighted by Gasteiger charge is -2.21. The van der Waals surface area contributed by atoms with Crippen LogP contribution in [0, 0.1) is 0 Å². The maximum Gasteiger partial charge on any atom is 0.281 e. The average Bonchev–Trinajstić information content (AvgIpc) is 2.47. The van der Waals surface area contributed by atoms with E-state index in [0.29, 0.717) is 4.90 Å². The summed E-state index contributed by atoms with van der Waals surface area (Å²) in [5.74, 6) is 0.790. The van der Waals surface area contributed by atoms with Crippen LogP contribution in [-0.4, -0.2) is 9.78 Å². The van der Waals surface area contributed by atoms with Crippen LogP contribution >= 0.6 is 24.4 Å². The van der Waals surface area contributed by atoms with Crippen molar-refractivity contribution in [2.75, 3.05) is 0 Å². The predicted molar refractivity (Wildman–Crippen MR) is 105 cm³/mol. The Balaban J connectivity index is 2.16. The van der Waals surface area contributed by atoms with E-state index in [-0.39, 0.29) is 16.5 Å². The molecule has 0 bridgehead atoms. The fourth-order valence-corrected chi connectivity index (χ4v) is 3.48. The Morgan fingerprint density at radius 2 is 1.67 bits per heavy atom. The molecule has 0 spiro atoms. The second kappa shape index (κ2) is 6.96. The second-order valence-electron chi connectivity index (χ2n) is 7.98. The fraction of sp³-hybridized carbons (Fsp3) is 0.474. The molecule has 0 amide bonds. The lowest BCUT2D eigenvalue weighted by molar-refractivity contribution is 0.331. The van der Waals surface area contributed by atoms with Gasteiger partial charge in [-0.1, -0.05) is 45.0 Å². The summed E-state index contributed by atoms with van der Waals surface area (Å²) < 4.78 is 1.48. The highest BCUT2D eigenvalue weighted by Crippen LogP contribution is 2.28. The van der Waals surface area contributed by atoms with Crippen LogP contribution < -0.4 is 5.56 Å². The summed E-state index contributed by atoms with van der Waals surface area (Å²) in [5, 5.41) is 4.30. The Labute approximate surface area is 154 Å². The van der Waals surface area contributed by atoms with E-state index < -0.39 is 0 Å². The second-order valence-corrected chi connectivity index (χ2v) is 9.45. The Morgan fingerprint density at radius 3 is 2.17 bits per heavy atom. The summed E-state index contributed by atoms with van der Waals surface area (Å²) in [6, 6.07) is 8.64. The molecule has 2 rings (SSSR count). The Hall–Kier alpha value is -1.20. The Kier molecular flexibility index (Phi) is 5.55. The Morgan fingerprint density at radius 1 is 1.08 bits per heavy atom. The van der Waals surface area contributed by atoms with Gasteiger partial charge >= 0.3 is 0 Å². The number of benzene rings is 1. The SMILES string of the molecule is CC(C)(C)c1ccc(CSc2cnn(C(C)(C)C)c(=O)c2S)cc1. The van der Waals surface area contributed by atoms with E-state index in [0.717, 1.165) is 10.6 Å². The number of thiol groups is 1. The summed E-state index contributed by atoms with van der Waals surface area (Å²) in [5.41, 5.74) is 2.21. The van der Waals surface area contributed by atoms with Crippen LogP contribution in [0.2, 0.25) is 0 Å². The molecule has 24 heavy (non-hydrogen) atoms. The fourth-order valence-electron chi connectivity index (χ4n) is 2.27. The van der Waals surface area contributed by atoms with Crippen LogP contribution in [0.15, 0.2) is 45.0 Å². The molecule has 0 aliphatic carbocycles. The van der Waals surface area contributed by atoms with E-state index in [1.165, 1.54) is 15.8 Å². The van der Waals surface area contributed by atoms with Gasteiger partial charge in [-0.05, 0) is 37.3 Å². The van der Waals surface area contributed by atoms with Crippen molar-refractivity contribution < 1.29 is 0 Å². The molecule has 0 aliphatic heterocycles. The molecule has 0 radical (unpaired) electrons. The van der Waals surface area contributed by atoms with Crippen molar-refractivity contribution in [2.24, 2.45) is 0 Å². The molecule has 2 aromatic rings. The molecule has 1 aromatic heterocycles. The van der Waals surface area contributed by atoms with Crippen LogP contribution in [0.1, 0.15) is 52.7 Å². The summed E-state index contributed by atoms with van der Waals surface area (Å²) >= 11 is 6.01. The third-order valence-corrected chi connectivity index (χ3v) is 5.45. The maximum absolute atomic E-state index is 12.4. The molecule has 5 heteroatoms.